The van der Waals surface area contributed by atoms with Crippen LogP contribution in [-0.2, 0) is 9.53 Å². The van der Waals surface area contributed by atoms with Gasteiger partial charge in [0.1, 0.15) is 0 Å². The predicted octanol–water partition coefficient (Wildman–Crippen LogP) is 3.80. The molecule has 1 aliphatic rings. The number of ether oxygens (including phenoxy) is 1. The van der Waals surface area contributed by atoms with E-state index in [4.69, 9.17) is 4.74 Å². The van der Waals surface area contributed by atoms with Crippen molar-refractivity contribution in [1.29, 1.82) is 0 Å². The Kier molecular flexibility index (Phi) is 6.38. The number of hydrogen-bond donors (Lipinski definition) is 0. The van der Waals surface area contributed by atoms with Crippen LogP contribution in [0.2, 0.25) is 0 Å². The summed E-state index contributed by atoms with van der Waals surface area (Å²) in [5.41, 5.74) is 1.43. The van der Waals surface area contributed by atoms with E-state index in [0.29, 0.717) is 12.5 Å². The first-order chi connectivity index (χ1) is 8.26. The molecule has 17 heavy (non-hydrogen) atoms. The van der Waals surface area contributed by atoms with Gasteiger partial charge in [0, 0.05) is 6.08 Å². The maximum absolute atomic E-state index is 11.4. The van der Waals surface area contributed by atoms with Crippen molar-refractivity contribution in [2.75, 3.05) is 6.61 Å². The van der Waals surface area contributed by atoms with E-state index < -0.39 is 0 Å². The lowest BCUT2D eigenvalue weighted by atomic mass is 9.92. The molecule has 0 aromatic heterocycles. The zero-order valence-corrected chi connectivity index (χ0v) is 10.8. The van der Waals surface area contributed by atoms with Gasteiger partial charge in [-0.3, -0.25) is 0 Å². The fourth-order valence-corrected chi connectivity index (χ4v) is 1.73. The largest absolute Gasteiger partial charge is 0.463 e. The minimum absolute atomic E-state index is 0.223. The zero-order valence-electron chi connectivity index (χ0n) is 10.8. The summed E-state index contributed by atoms with van der Waals surface area (Å²) < 4.78 is 5.06. The molecule has 2 heteroatoms. The lowest BCUT2D eigenvalue weighted by Gasteiger charge is -2.13. The van der Waals surface area contributed by atoms with Crippen LogP contribution in [0.15, 0.2) is 36.0 Å². The molecule has 0 N–H and O–H groups in total. The molecule has 0 saturated heterocycles. The number of carbonyl (C=O) groups is 1. The molecule has 0 aromatic rings. The molecule has 0 aromatic carbocycles. The molecular weight excluding hydrogens is 212 g/mol. The summed E-state index contributed by atoms with van der Waals surface area (Å²) in [7, 11) is 0. The highest BCUT2D eigenvalue weighted by atomic mass is 16.5. The fourth-order valence-electron chi connectivity index (χ4n) is 1.73. The van der Waals surface area contributed by atoms with E-state index in [2.05, 4.69) is 32.1 Å². The lowest BCUT2D eigenvalue weighted by Crippen LogP contribution is -2.04. The van der Waals surface area contributed by atoms with E-state index in [0.717, 1.165) is 25.7 Å². The highest BCUT2D eigenvalue weighted by Gasteiger charge is 2.07. The van der Waals surface area contributed by atoms with Gasteiger partial charge in [-0.25, -0.2) is 4.79 Å². The molecule has 0 saturated carbocycles. The second-order valence-corrected chi connectivity index (χ2v) is 4.31. The van der Waals surface area contributed by atoms with Crippen molar-refractivity contribution in [3.8, 4) is 0 Å². The molecule has 0 heterocycles. The van der Waals surface area contributed by atoms with E-state index in [-0.39, 0.29) is 5.97 Å². The Hall–Kier alpha value is -1.31. The van der Waals surface area contributed by atoms with Crippen molar-refractivity contribution in [2.45, 2.75) is 39.5 Å². The van der Waals surface area contributed by atoms with Crippen LogP contribution < -0.4 is 0 Å². The second kappa shape index (κ2) is 7.88. The molecule has 0 bridgehead atoms. The molecule has 0 radical (unpaired) electrons. The molecule has 1 rings (SSSR count). The van der Waals surface area contributed by atoms with Gasteiger partial charge in [0.05, 0.1) is 6.61 Å². The molecule has 0 spiro atoms. The predicted molar refractivity (Wildman–Crippen MR) is 70.6 cm³/mol. The summed E-state index contributed by atoms with van der Waals surface area (Å²) in [6.45, 7) is 4.76. The Morgan fingerprint density at radius 1 is 1.53 bits per heavy atom. The quantitative estimate of drug-likeness (QED) is 0.397. The first-order valence-electron chi connectivity index (χ1n) is 6.47. The van der Waals surface area contributed by atoms with Gasteiger partial charge in [-0.2, -0.15) is 0 Å². The van der Waals surface area contributed by atoms with Gasteiger partial charge in [0.15, 0.2) is 0 Å². The van der Waals surface area contributed by atoms with Crippen molar-refractivity contribution in [3.05, 3.63) is 36.0 Å². The van der Waals surface area contributed by atoms with E-state index in [1.165, 1.54) is 5.57 Å². The van der Waals surface area contributed by atoms with Crippen LogP contribution in [0.5, 0.6) is 0 Å². The summed E-state index contributed by atoms with van der Waals surface area (Å²) >= 11 is 0. The lowest BCUT2D eigenvalue weighted by molar-refractivity contribution is -0.137. The summed E-state index contributed by atoms with van der Waals surface area (Å²) in [4.78, 5) is 11.4. The van der Waals surface area contributed by atoms with Crippen molar-refractivity contribution in [2.24, 2.45) is 5.92 Å². The Balaban J connectivity index is 2.31. The summed E-state index contributed by atoms with van der Waals surface area (Å²) in [5, 5.41) is 0. The van der Waals surface area contributed by atoms with Crippen LogP contribution in [0, 0.1) is 5.92 Å². The monoisotopic (exact) mass is 234 g/mol. The molecule has 1 aliphatic carbocycles. The number of allylic oxidation sites excluding steroid dienone is 5. The average Bonchev–Trinajstić information content (AvgIpc) is 2.37. The van der Waals surface area contributed by atoms with Crippen LogP contribution in [0.1, 0.15) is 39.5 Å². The molecular formula is C15H22O2. The Morgan fingerprint density at radius 3 is 3.06 bits per heavy atom. The van der Waals surface area contributed by atoms with Crippen molar-refractivity contribution in [1.82, 2.24) is 0 Å². The highest BCUT2D eigenvalue weighted by Crippen LogP contribution is 2.21. The van der Waals surface area contributed by atoms with Gasteiger partial charge < -0.3 is 4.74 Å². The maximum atomic E-state index is 11.4. The summed E-state index contributed by atoms with van der Waals surface area (Å²) in [6.07, 6.45) is 13.9. The van der Waals surface area contributed by atoms with E-state index >= 15 is 0 Å². The Labute approximate surface area is 104 Å². The van der Waals surface area contributed by atoms with Gasteiger partial charge in [-0.15, -0.1) is 0 Å². The SMILES string of the molecule is CCCCOC(=O)C=CC1C=CC=C(CC)C1. The van der Waals surface area contributed by atoms with Crippen molar-refractivity contribution in [3.63, 3.8) is 0 Å². The number of unbranched alkanes of at least 4 members (excludes halogenated alkanes) is 1. The van der Waals surface area contributed by atoms with Gasteiger partial charge in [0.25, 0.3) is 0 Å². The number of esters is 1. The molecule has 0 amide bonds. The molecule has 1 unspecified atom stereocenters. The van der Waals surface area contributed by atoms with Gasteiger partial charge in [-0.1, -0.05) is 50.1 Å². The molecule has 94 valence electrons. The second-order valence-electron chi connectivity index (χ2n) is 4.31. The third kappa shape index (κ3) is 5.53. The molecule has 0 aliphatic heterocycles. The van der Waals surface area contributed by atoms with Crippen LogP contribution in [-0.4, -0.2) is 12.6 Å². The number of carbonyl (C=O) groups excluding carboxylic acids is 1. The maximum Gasteiger partial charge on any atom is 0.330 e. The van der Waals surface area contributed by atoms with Crippen molar-refractivity contribution < 1.29 is 9.53 Å². The van der Waals surface area contributed by atoms with E-state index in [1.807, 2.05) is 6.08 Å². The summed E-state index contributed by atoms with van der Waals surface area (Å²) in [5.74, 6) is 0.119. The van der Waals surface area contributed by atoms with Gasteiger partial charge >= 0.3 is 5.97 Å². The summed E-state index contributed by atoms with van der Waals surface area (Å²) in [6, 6.07) is 0. The van der Waals surface area contributed by atoms with Crippen molar-refractivity contribution >= 4 is 5.97 Å². The Bertz CT molecular complexity index is 324. The minimum atomic E-state index is -0.223. The fraction of sp³-hybridized carbons (Fsp3) is 0.533. The normalized spacial score (nSPS) is 19.4. The van der Waals surface area contributed by atoms with Gasteiger partial charge in [-0.05, 0) is 25.2 Å². The number of hydrogen-bond acceptors (Lipinski definition) is 2. The average molecular weight is 234 g/mol. The Morgan fingerprint density at radius 2 is 2.35 bits per heavy atom. The van der Waals surface area contributed by atoms with Crippen LogP contribution in [0.25, 0.3) is 0 Å². The zero-order chi connectivity index (χ0) is 12.5. The first kappa shape index (κ1) is 13.8. The van der Waals surface area contributed by atoms with Gasteiger partial charge in [0.2, 0.25) is 0 Å². The standard InChI is InChI=1S/C15H22O2/c1-3-5-11-17-15(16)10-9-14-8-6-7-13(4-2)12-14/h6-10,14H,3-5,11-12H2,1-2H3. The van der Waals surface area contributed by atoms with E-state index in [1.54, 1.807) is 6.08 Å². The third-order valence-corrected chi connectivity index (χ3v) is 2.86. The minimum Gasteiger partial charge on any atom is -0.463 e. The topological polar surface area (TPSA) is 26.3 Å². The third-order valence-electron chi connectivity index (χ3n) is 2.86. The first-order valence-corrected chi connectivity index (χ1v) is 6.47. The number of rotatable bonds is 6. The van der Waals surface area contributed by atoms with Crippen LogP contribution in [0.3, 0.4) is 0 Å². The molecule has 2 nitrogen and oxygen atoms in total. The van der Waals surface area contributed by atoms with Crippen LogP contribution in [0.4, 0.5) is 0 Å². The van der Waals surface area contributed by atoms with E-state index in [9.17, 15) is 4.79 Å². The smallest absolute Gasteiger partial charge is 0.330 e. The highest BCUT2D eigenvalue weighted by molar-refractivity contribution is 5.81. The molecule has 1 atom stereocenters. The molecule has 0 fully saturated rings. The van der Waals surface area contributed by atoms with Crippen LogP contribution >= 0.6 is 0 Å².